The molecule has 0 aromatic rings. The third kappa shape index (κ3) is 3.48. The number of nitrogens with zero attached hydrogens (tertiary/aromatic N) is 1. The number of piperidine rings is 1. The van der Waals surface area contributed by atoms with Crippen molar-refractivity contribution in [2.75, 3.05) is 19.6 Å². The van der Waals surface area contributed by atoms with Crippen LogP contribution in [-0.4, -0.2) is 41.5 Å². The van der Waals surface area contributed by atoms with E-state index in [9.17, 15) is 9.59 Å². The Labute approximate surface area is 95.6 Å². The molecule has 2 unspecified atom stereocenters. The van der Waals surface area contributed by atoms with Gasteiger partial charge in [0.05, 0.1) is 6.54 Å². The van der Waals surface area contributed by atoms with E-state index in [4.69, 9.17) is 10.8 Å². The Morgan fingerprint density at radius 1 is 1.56 bits per heavy atom. The molecule has 0 spiro atoms. The fourth-order valence-electron chi connectivity index (χ4n) is 2.27. The molecule has 16 heavy (non-hydrogen) atoms. The minimum atomic E-state index is -0.769. The molecule has 0 aromatic heterocycles. The molecule has 1 amide bonds. The third-order valence-electron chi connectivity index (χ3n) is 3.29. The van der Waals surface area contributed by atoms with Gasteiger partial charge in [-0.15, -0.1) is 0 Å². The highest BCUT2D eigenvalue weighted by Crippen LogP contribution is 2.25. The lowest BCUT2D eigenvalue weighted by Crippen LogP contribution is -2.44. The predicted molar refractivity (Wildman–Crippen MR) is 59.8 cm³/mol. The van der Waals surface area contributed by atoms with Gasteiger partial charge in [-0.05, 0) is 24.7 Å². The van der Waals surface area contributed by atoms with Gasteiger partial charge in [0.2, 0.25) is 5.91 Å². The van der Waals surface area contributed by atoms with Crippen molar-refractivity contribution in [3.05, 3.63) is 0 Å². The quantitative estimate of drug-likeness (QED) is 0.724. The molecule has 92 valence electrons. The SMILES string of the molecule is CC(CC(=O)O)C1CCCN(C(=O)CN)C1. The first-order chi connectivity index (χ1) is 7.54. The summed E-state index contributed by atoms with van der Waals surface area (Å²) >= 11 is 0. The van der Waals surface area contributed by atoms with Gasteiger partial charge in [0.1, 0.15) is 0 Å². The lowest BCUT2D eigenvalue weighted by Gasteiger charge is -2.35. The normalized spacial score (nSPS) is 22.9. The van der Waals surface area contributed by atoms with E-state index in [1.165, 1.54) is 0 Å². The molecule has 0 aliphatic carbocycles. The number of carboxylic acids is 1. The Bertz CT molecular complexity index is 268. The Kier molecular flexibility index (Phi) is 4.73. The van der Waals surface area contributed by atoms with Crippen molar-refractivity contribution in [2.45, 2.75) is 26.2 Å². The van der Waals surface area contributed by atoms with Gasteiger partial charge in [0.25, 0.3) is 0 Å². The Balaban J connectivity index is 2.49. The molecule has 3 N–H and O–H groups in total. The average molecular weight is 228 g/mol. The summed E-state index contributed by atoms with van der Waals surface area (Å²) in [7, 11) is 0. The topological polar surface area (TPSA) is 83.6 Å². The molecule has 1 rings (SSSR count). The van der Waals surface area contributed by atoms with E-state index in [-0.39, 0.29) is 24.8 Å². The second kappa shape index (κ2) is 5.84. The largest absolute Gasteiger partial charge is 0.481 e. The van der Waals surface area contributed by atoms with E-state index in [2.05, 4.69) is 0 Å². The summed E-state index contributed by atoms with van der Waals surface area (Å²) in [6.07, 6.45) is 2.12. The molecule has 1 heterocycles. The van der Waals surface area contributed by atoms with E-state index in [0.29, 0.717) is 12.5 Å². The maximum Gasteiger partial charge on any atom is 0.303 e. The number of aliphatic carboxylic acids is 1. The predicted octanol–water partition coefficient (Wildman–Crippen LogP) is 0.295. The Morgan fingerprint density at radius 2 is 2.25 bits per heavy atom. The number of carbonyl (C=O) groups excluding carboxylic acids is 1. The Morgan fingerprint density at radius 3 is 2.81 bits per heavy atom. The van der Waals surface area contributed by atoms with Crippen molar-refractivity contribution < 1.29 is 14.7 Å². The van der Waals surface area contributed by atoms with Crippen LogP contribution < -0.4 is 5.73 Å². The molecule has 0 saturated carbocycles. The summed E-state index contributed by atoms with van der Waals surface area (Å²) in [6.45, 7) is 3.39. The lowest BCUT2D eigenvalue weighted by atomic mass is 9.84. The zero-order chi connectivity index (χ0) is 12.1. The van der Waals surface area contributed by atoms with Crippen LogP contribution in [0.25, 0.3) is 0 Å². The number of likely N-dealkylation sites (tertiary alicyclic amines) is 1. The first-order valence-corrected chi connectivity index (χ1v) is 5.74. The van der Waals surface area contributed by atoms with Crippen LogP contribution >= 0.6 is 0 Å². The number of rotatable bonds is 4. The van der Waals surface area contributed by atoms with Crippen LogP contribution in [0, 0.1) is 11.8 Å². The van der Waals surface area contributed by atoms with Gasteiger partial charge in [-0.3, -0.25) is 9.59 Å². The Hall–Kier alpha value is -1.10. The maximum absolute atomic E-state index is 11.4. The van der Waals surface area contributed by atoms with E-state index >= 15 is 0 Å². The van der Waals surface area contributed by atoms with Crippen molar-refractivity contribution in [3.63, 3.8) is 0 Å². The number of carboxylic acid groups (broad SMARTS) is 1. The smallest absolute Gasteiger partial charge is 0.303 e. The van der Waals surface area contributed by atoms with Gasteiger partial charge in [-0.1, -0.05) is 6.92 Å². The molecule has 0 bridgehead atoms. The van der Waals surface area contributed by atoms with Gasteiger partial charge >= 0.3 is 5.97 Å². The summed E-state index contributed by atoms with van der Waals surface area (Å²) in [5.41, 5.74) is 5.32. The van der Waals surface area contributed by atoms with Crippen molar-refractivity contribution in [3.8, 4) is 0 Å². The second-order valence-corrected chi connectivity index (χ2v) is 4.52. The van der Waals surface area contributed by atoms with Crippen molar-refractivity contribution in [2.24, 2.45) is 17.6 Å². The fraction of sp³-hybridized carbons (Fsp3) is 0.818. The molecule has 0 radical (unpaired) electrons. The monoisotopic (exact) mass is 228 g/mol. The summed E-state index contributed by atoms with van der Waals surface area (Å²) < 4.78 is 0. The standard InChI is InChI=1S/C11H20N2O3/c1-8(5-11(15)16)9-3-2-4-13(7-9)10(14)6-12/h8-9H,2-7,12H2,1H3,(H,15,16). The second-order valence-electron chi connectivity index (χ2n) is 4.52. The number of hydrogen-bond donors (Lipinski definition) is 2. The van der Waals surface area contributed by atoms with Crippen LogP contribution in [0.4, 0.5) is 0 Å². The average Bonchev–Trinajstić information content (AvgIpc) is 2.27. The van der Waals surface area contributed by atoms with E-state index in [1.54, 1.807) is 4.90 Å². The van der Waals surface area contributed by atoms with Crippen molar-refractivity contribution in [1.29, 1.82) is 0 Å². The zero-order valence-electron chi connectivity index (χ0n) is 9.69. The van der Waals surface area contributed by atoms with Gasteiger partial charge in [-0.25, -0.2) is 0 Å². The molecular formula is C11H20N2O3. The first kappa shape index (κ1) is 13.0. The van der Waals surface area contributed by atoms with Crippen LogP contribution in [0.1, 0.15) is 26.2 Å². The van der Waals surface area contributed by atoms with Crippen LogP contribution in [-0.2, 0) is 9.59 Å². The van der Waals surface area contributed by atoms with E-state index in [0.717, 1.165) is 19.4 Å². The minimum absolute atomic E-state index is 0.0350. The van der Waals surface area contributed by atoms with E-state index < -0.39 is 5.97 Å². The van der Waals surface area contributed by atoms with Crippen LogP contribution in [0.15, 0.2) is 0 Å². The molecular weight excluding hydrogens is 208 g/mol. The number of hydrogen-bond acceptors (Lipinski definition) is 3. The van der Waals surface area contributed by atoms with Crippen molar-refractivity contribution >= 4 is 11.9 Å². The van der Waals surface area contributed by atoms with Crippen LogP contribution in [0.2, 0.25) is 0 Å². The summed E-state index contributed by atoms with van der Waals surface area (Å²) in [4.78, 5) is 23.8. The van der Waals surface area contributed by atoms with Gasteiger partial charge < -0.3 is 15.7 Å². The highest BCUT2D eigenvalue weighted by atomic mass is 16.4. The number of amides is 1. The molecule has 0 aromatic carbocycles. The summed E-state index contributed by atoms with van der Waals surface area (Å²) in [5, 5.41) is 8.74. The van der Waals surface area contributed by atoms with Crippen molar-refractivity contribution in [1.82, 2.24) is 4.90 Å². The number of nitrogens with two attached hydrogens (primary N) is 1. The maximum atomic E-state index is 11.4. The lowest BCUT2D eigenvalue weighted by molar-refractivity contribution is -0.138. The molecule has 1 aliphatic heterocycles. The molecule has 5 nitrogen and oxygen atoms in total. The molecule has 1 fully saturated rings. The molecule has 1 aliphatic rings. The van der Waals surface area contributed by atoms with Gasteiger partial charge in [0, 0.05) is 19.5 Å². The first-order valence-electron chi connectivity index (χ1n) is 5.74. The number of carbonyl (C=O) groups is 2. The third-order valence-corrected chi connectivity index (χ3v) is 3.29. The highest BCUT2D eigenvalue weighted by molar-refractivity contribution is 5.78. The van der Waals surface area contributed by atoms with Gasteiger partial charge in [0.15, 0.2) is 0 Å². The highest BCUT2D eigenvalue weighted by Gasteiger charge is 2.27. The van der Waals surface area contributed by atoms with Gasteiger partial charge in [-0.2, -0.15) is 0 Å². The van der Waals surface area contributed by atoms with Crippen LogP contribution in [0.3, 0.4) is 0 Å². The summed E-state index contributed by atoms with van der Waals surface area (Å²) in [5.74, 6) is -0.395. The van der Waals surface area contributed by atoms with E-state index in [1.807, 2.05) is 6.92 Å². The minimum Gasteiger partial charge on any atom is -0.481 e. The molecule has 2 atom stereocenters. The zero-order valence-corrected chi connectivity index (χ0v) is 9.69. The summed E-state index contributed by atoms with van der Waals surface area (Å²) in [6, 6.07) is 0. The molecule has 1 saturated heterocycles. The molecule has 5 heteroatoms. The fourth-order valence-corrected chi connectivity index (χ4v) is 2.27. The van der Waals surface area contributed by atoms with Crippen LogP contribution in [0.5, 0.6) is 0 Å².